The number of guanidine groups is 1. The average Bonchev–Trinajstić information content (AvgIpc) is 3.58. The van der Waals surface area contributed by atoms with Crippen LogP contribution in [0.3, 0.4) is 0 Å². The Kier molecular flexibility index (Phi) is 4.33. The summed E-state index contributed by atoms with van der Waals surface area (Å²) in [5, 5.41) is 0. The zero-order chi connectivity index (χ0) is 22.7. The first kappa shape index (κ1) is 20.5. The lowest BCUT2D eigenvalue weighted by Gasteiger charge is -2.50. The second-order valence-electron chi connectivity index (χ2n) is 8.12. The standard InChI is InChI=1S/C22H20FN5O3S/c1-3-8-31-19-13-25-18(12-26-19)17(23)10-14-4-5-15-11-22(16(15)9-14)21(6-7-21)32(29,30)28(2)20(24)27-22/h1,4-5,9-10,12-13H,6-8,11H2,2H3,(H2,24,27)/b17-10-/t22-/m1/s1. The van der Waals surface area contributed by atoms with Crippen LogP contribution in [0.15, 0.2) is 35.6 Å². The molecule has 1 fully saturated rings. The maximum absolute atomic E-state index is 14.8. The lowest BCUT2D eigenvalue weighted by molar-refractivity contribution is 0.322. The van der Waals surface area contributed by atoms with Crippen LogP contribution in [0.25, 0.3) is 11.9 Å². The number of hydrogen-bond donors (Lipinski definition) is 1. The molecule has 0 amide bonds. The Labute approximate surface area is 185 Å². The molecule has 164 valence electrons. The Balaban J connectivity index is 1.49. The molecule has 5 rings (SSSR count). The van der Waals surface area contributed by atoms with E-state index in [1.807, 2.05) is 6.07 Å². The fourth-order valence-corrected chi connectivity index (χ4v) is 6.68. The van der Waals surface area contributed by atoms with Gasteiger partial charge >= 0.3 is 0 Å². The lowest BCUT2D eigenvalue weighted by Crippen LogP contribution is -2.62. The van der Waals surface area contributed by atoms with E-state index in [1.54, 1.807) is 12.1 Å². The maximum Gasteiger partial charge on any atom is 0.245 e. The van der Waals surface area contributed by atoms with Gasteiger partial charge in [-0.2, -0.15) is 0 Å². The number of nitrogens with zero attached hydrogens (tertiary/aromatic N) is 4. The SMILES string of the molecule is C#CCOc1cnc(/C(F)=C/c2ccc3c(c2)[C@@]2(C3)N=C(N)N(C)S(=O)(=O)C23CC3)cn1. The summed E-state index contributed by atoms with van der Waals surface area (Å²) in [6, 6.07) is 5.43. The van der Waals surface area contributed by atoms with Crippen molar-refractivity contribution in [3.05, 3.63) is 53.0 Å². The zero-order valence-electron chi connectivity index (χ0n) is 17.2. The van der Waals surface area contributed by atoms with Gasteiger partial charge in [0.15, 0.2) is 12.4 Å². The van der Waals surface area contributed by atoms with E-state index in [9.17, 15) is 12.8 Å². The minimum Gasteiger partial charge on any atom is -0.463 e. The molecule has 0 radical (unpaired) electrons. The van der Waals surface area contributed by atoms with Gasteiger partial charge in [0, 0.05) is 13.5 Å². The number of sulfonamides is 1. The van der Waals surface area contributed by atoms with Crippen LogP contribution in [-0.4, -0.2) is 47.1 Å². The normalized spacial score (nSPS) is 24.3. The van der Waals surface area contributed by atoms with Crippen molar-refractivity contribution in [2.45, 2.75) is 29.5 Å². The number of nitrogens with two attached hydrogens (primary N) is 1. The molecule has 2 heterocycles. The van der Waals surface area contributed by atoms with E-state index in [1.165, 1.54) is 25.5 Å². The maximum atomic E-state index is 14.8. The minimum absolute atomic E-state index is 0.0253. The number of halogens is 1. The highest BCUT2D eigenvalue weighted by Gasteiger charge is 2.74. The molecule has 1 atom stereocenters. The highest BCUT2D eigenvalue weighted by molar-refractivity contribution is 7.91. The van der Waals surface area contributed by atoms with Gasteiger partial charge in [-0.05, 0) is 41.7 Å². The van der Waals surface area contributed by atoms with Crippen LogP contribution < -0.4 is 10.5 Å². The van der Waals surface area contributed by atoms with Gasteiger partial charge in [0.1, 0.15) is 16.0 Å². The van der Waals surface area contributed by atoms with E-state index in [0.717, 1.165) is 15.4 Å². The third-order valence-electron chi connectivity index (χ3n) is 6.44. The summed E-state index contributed by atoms with van der Waals surface area (Å²) in [4.78, 5) is 12.6. The fourth-order valence-electron chi connectivity index (χ4n) is 4.59. The smallest absolute Gasteiger partial charge is 0.245 e. The average molecular weight is 453 g/mol. The Morgan fingerprint density at radius 3 is 2.81 bits per heavy atom. The van der Waals surface area contributed by atoms with Crippen LogP contribution >= 0.6 is 0 Å². The molecule has 32 heavy (non-hydrogen) atoms. The van der Waals surface area contributed by atoms with E-state index < -0.39 is 26.1 Å². The first-order chi connectivity index (χ1) is 15.2. The highest BCUT2D eigenvalue weighted by Crippen LogP contribution is 2.65. The predicted octanol–water partition coefficient (Wildman–Crippen LogP) is 1.83. The number of aliphatic imine (C=N–C) groups is 1. The molecular formula is C22H20FN5O3S. The number of rotatable bonds is 4. The molecule has 0 unspecified atom stereocenters. The van der Waals surface area contributed by atoms with Crippen molar-refractivity contribution >= 4 is 27.9 Å². The van der Waals surface area contributed by atoms with Gasteiger partial charge in [-0.3, -0.25) is 0 Å². The van der Waals surface area contributed by atoms with E-state index in [-0.39, 0.29) is 24.1 Å². The molecule has 1 aliphatic heterocycles. The van der Waals surface area contributed by atoms with Crippen LogP contribution in [0, 0.1) is 12.3 Å². The summed E-state index contributed by atoms with van der Waals surface area (Å²) >= 11 is 0. The molecule has 8 nitrogen and oxygen atoms in total. The van der Waals surface area contributed by atoms with Crippen molar-refractivity contribution in [2.75, 3.05) is 13.7 Å². The summed E-state index contributed by atoms with van der Waals surface area (Å²) in [6.07, 6.45) is 10.5. The van der Waals surface area contributed by atoms with Gasteiger partial charge < -0.3 is 10.5 Å². The number of ether oxygens (including phenoxy) is 1. The molecule has 0 saturated heterocycles. The first-order valence-electron chi connectivity index (χ1n) is 9.97. The van der Waals surface area contributed by atoms with Gasteiger partial charge in [-0.25, -0.2) is 32.1 Å². The quantitative estimate of drug-likeness (QED) is 0.707. The van der Waals surface area contributed by atoms with E-state index >= 15 is 0 Å². The van der Waals surface area contributed by atoms with Gasteiger partial charge in [0.05, 0.1) is 12.4 Å². The molecule has 1 aromatic heterocycles. The monoisotopic (exact) mass is 453 g/mol. The third-order valence-corrected chi connectivity index (χ3v) is 9.08. The lowest BCUT2D eigenvalue weighted by atomic mass is 9.67. The molecule has 3 aliphatic rings. The van der Waals surface area contributed by atoms with Crippen molar-refractivity contribution in [3.8, 4) is 18.2 Å². The van der Waals surface area contributed by atoms with Gasteiger partial charge in [0.2, 0.25) is 21.9 Å². The summed E-state index contributed by atoms with van der Waals surface area (Å²) in [5.74, 6) is 1.90. The van der Waals surface area contributed by atoms with Crippen LogP contribution in [0.4, 0.5) is 4.39 Å². The summed E-state index contributed by atoms with van der Waals surface area (Å²) in [5.41, 5.74) is 7.42. The summed E-state index contributed by atoms with van der Waals surface area (Å²) in [7, 11) is -2.20. The number of aromatic nitrogens is 2. The molecule has 2 spiro atoms. The molecule has 2 aromatic rings. The Bertz CT molecular complexity index is 1330. The van der Waals surface area contributed by atoms with Crippen LogP contribution in [0.5, 0.6) is 5.88 Å². The number of fused-ring (bicyclic) bond motifs is 3. The topological polar surface area (TPSA) is 111 Å². The molecule has 2 aliphatic carbocycles. The molecule has 0 bridgehead atoms. The Hall–Kier alpha value is -3.45. The molecule has 1 saturated carbocycles. The first-order valence-corrected chi connectivity index (χ1v) is 11.4. The van der Waals surface area contributed by atoms with Crippen LogP contribution in [0.2, 0.25) is 0 Å². The second kappa shape index (κ2) is 6.77. The van der Waals surface area contributed by atoms with Crippen molar-refractivity contribution < 1.29 is 17.5 Å². The molecule has 2 N–H and O–H groups in total. The van der Waals surface area contributed by atoms with E-state index in [0.29, 0.717) is 24.8 Å². The minimum atomic E-state index is -3.63. The third kappa shape index (κ3) is 2.67. The number of terminal acetylenes is 1. The fraction of sp³-hybridized carbons (Fsp3) is 0.318. The number of benzene rings is 1. The zero-order valence-corrected chi connectivity index (χ0v) is 18.1. The predicted molar refractivity (Wildman–Crippen MR) is 117 cm³/mol. The van der Waals surface area contributed by atoms with Crippen molar-refractivity contribution in [2.24, 2.45) is 10.7 Å². The molecule has 1 aromatic carbocycles. The Morgan fingerprint density at radius 2 is 2.16 bits per heavy atom. The van der Waals surface area contributed by atoms with Crippen LogP contribution in [-0.2, 0) is 22.0 Å². The second-order valence-corrected chi connectivity index (χ2v) is 10.4. The summed E-state index contributed by atoms with van der Waals surface area (Å²) < 4.78 is 46.3. The van der Waals surface area contributed by atoms with Gasteiger partial charge in [0.25, 0.3) is 0 Å². The van der Waals surface area contributed by atoms with Crippen LogP contribution in [0.1, 0.15) is 35.2 Å². The van der Waals surface area contributed by atoms with E-state index in [2.05, 4.69) is 20.9 Å². The number of hydrogen-bond acceptors (Lipinski definition) is 7. The van der Waals surface area contributed by atoms with E-state index in [4.69, 9.17) is 16.9 Å². The molecular weight excluding hydrogens is 433 g/mol. The van der Waals surface area contributed by atoms with Gasteiger partial charge in [-0.1, -0.05) is 18.1 Å². The van der Waals surface area contributed by atoms with Crippen molar-refractivity contribution in [1.29, 1.82) is 0 Å². The molecule has 10 heteroatoms. The van der Waals surface area contributed by atoms with Crippen molar-refractivity contribution in [1.82, 2.24) is 14.3 Å². The Morgan fingerprint density at radius 1 is 1.38 bits per heavy atom. The largest absolute Gasteiger partial charge is 0.463 e. The van der Waals surface area contributed by atoms with Gasteiger partial charge in [-0.15, -0.1) is 6.42 Å². The highest BCUT2D eigenvalue weighted by atomic mass is 32.2. The van der Waals surface area contributed by atoms with Crippen molar-refractivity contribution in [3.63, 3.8) is 0 Å². The summed E-state index contributed by atoms with van der Waals surface area (Å²) in [6.45, 7) is 0.0449.